The predicted octanol–water partition coefficient (Wildman–Crippen LogP) is 3.29. The normalized spacial score (nSPS) is 11.1. The summed E-state index contributed by atoms with van der Waals surface area (Å²) in [4.78, 5) is 12.1. The molecule has 1 amide bonds. The number of aryl methyl sites for hydroxylation is 1. The maximum Gasteiger partial charge on any atom is 0.267 e. The van der Waals surface area contributed by atoms with Crippen molar-refractivity contribution in [2.75, 3.05) is 11.9 Å². The van der Waals surface area contributed by atoms with Gasteiger partial charge in [0.2, 0.25) is 0 Å². The highest BCUT2D eigenvalue weighted by molar-refractivity contribution is 6.06. The largest absolute Gasteiger partial charge is 0.390 e. The molecule has 0 unspecified atom stereocenters. The van der Waals surface area contributed by atoms with Crippen LogP contribution < -0.4 is 10.6 Å². The fourth-order valence-corrected chi connectivity index (χ4v) is 1.77. The number of rotatable bonds is 6. The molecule has 0 heterocycles. The minimum absolute atomic E-state index is 0.0830. The summed E-state index contributed by atoms with van der Waals surface area (Å²) in [6.07, 6.45) is 2.48. The highest BCUT2D eigenvalue weighted by Crippen LogP contribution is 2.18. The molecule has 1 aromatic rings. The molecule has 0 atom stereocenters. The summed E-state index contributed by atoms with van der Waals surface area (Å²) in [5.41, 5.74) is 2.93. The van der Waals surface area contributed by atoms with Crippen molar-refractivity contribution in [2.24, 2.45) is 5.92 Å². The second-order valence-electron chi connectivity index (χ2n) is 5.51. The fourth-order valence-electron chi connectivity index (χ4n) is 1.77. The molecular weight excluding hydrogens is 262 g/mol. The van der Waals surface area contributed by atoms with Gasteiger partial charge >= 0.3 is 0 Å². The predicted molar refractivity (Wildman–Crippen MR) is 85.7 cm³/mol. The molecule has 112 valence electrons. The van der Waals surface area contributed by atoms with Crippen molar-refractivity contribution in [1.82, 2.24) is 5.32 Å². The van der Waals surface area contributed by atoms with E-state index in [2.05, 4.69) is 24.5 Å². The lowest BCUT2D eigenvalue weighted by atomic mass is 10.1. The quantitative estimate of drug-likeness (QED) is 0.479. The number of hydrogen-bond donors (Lipinski definition) is 2. The minimum Gasteiger partial charge on any atom is -0.390 e. The second-order valence-corrected chi connectivity index (χ2v) is 5.51. The Labute approximate surface area is 126 Å². The number of benzene rings is 1. The third-order valence-corrected chi connectivity index (χ3v) is 3.33. The van der Waals surface area contributed by atoms with Crippen LogP contribution in [0.3, 0.4) is 0 Å². The van der Waals surface area contributed by atoms with Gasteiger partial charge in [0.1, 0.15) is 11.6 Å². The van der Waals surface area contributed by atoms with E-state index in [1.54, 1.807) is 0 Å². The first-order valence-corrected chi connectivity index (χ1v) is 7.17. The Kier molecular flexibility index (Phi) is 6.48. The van der Waals surface area contributed by atoms with Crippen molar-refractivity contribution < 1.29 is 4.79 Å². The molecule has 0 aromatic heterocycles. The first-order valence-electron chi connectivity index (χ1n) is 7.17. The third-order valence-electron chi connectivity index (χ3n) is 3.33. The summed E-state index contributed by atoms with van der Waals surface area (Å²) in [6.45, 7) is 8.94. The smallest absolute Gasteiger partial charge is 0.267 e. The molecule has 0 saturated carbocycles. The van der Waals surface area contributed by atoms with E-state index in [0.29, 0.717) is 5.92 Å². The molecule has 0 aliphatic rings. The lowest BCUT2D eigenvalue weighted by Crippen LogP contribution is -2.18. The molecule has 0 radical (unpaired) electrons. The molecule has 21 heavy (non-hydrogen) atoms. The standard InChI is InChI=1S/C17H23N3O/c1-12(2)8-9-19-11-15(10-18)17(21)20-16-7-5-6-13(3)14(16)4/h5-7,11-12,19H,8-9H2,1-4H3,(H,20,21)/b15-11-. The summed E-state index contributed by atoms with van der Waals surface area (Å²) >= 11 is 0. The zero-order valence-corrected chi connectivity index (χ0v) is 13.2. The van der Waals surface area contributed by atoms with Gasteiger partial charge in [0.15, 0.2) is 0 Å². The molecule has 0 fully saturated rings. The van der Waals surface area contributed by atoms with E-state index in [1.807, 2.05) is 38.1 Å². The number of amides is 1. The van der Waals surface area contributed by atoms with Crippen LogP contribution in [0.1, 0.15) is 31.4 Å². The highest BCUT2D eigenvalue weighted by Gasteiger charge is 2.11. The number of hydrogen-bond acceptors (Lipinski definition) is 3. The first kappa shape index (κ1) is 16.8. The van der Waals surface area contributed by atoms with Gasteiger partial charge in [-0.2, -0.15) is 5.26 Å². The van der Waals surface area contributed by atoms with E-state index in [4.69, 9.17) is 5.26 Å². The number of carbonyl (C=O) groups excluding carboxylic acids is 1. The van der Waals surface area contributed by atoms with Crippen LogP contribution in [0.2, 0.25) is 0 Å². The van der Waals surface area contributed by atoms with Crippen molar-refractivity contribution in [3.63, 3.8) is 0 Å². The van der Waals surface area contributed by atoms with Crippen LogP contribution in [-0.4, -0.2) is 12.5 Å². The molecule has 4 nitrogen and oxygen atoms in total. The van der Waals surface area contributed by atoms with E-state index in [0.717, 1.165) is 29.8 Å². The third kappa shape index (κ3) is 5.31. The molecule has 0 aliphatic heterocycles. The SMILES string of the molecule is Cc1cccc(NC(=O)/C(C#N)=C\NCCC(C)C)c1C. The number of anilines is 1. The van der Waals surface area contributed by atoms with Crippen LogP contribution in [-0.2, 0) is 4.79 Å². The van der Waals surface area contributed by atoms with Crippen LogP contribution in [0.25, 0.3) is 0 Å². The van der Waals surface area contributed by atoms with Crippen LogP contribution in [0.15, 0.2) is 30.0 Å². The summed E-state index contributed by atoms with van der Waals surface area (Å²) in [5.74, 6) is 0.198. The van der Waals surface area contributed by atoms with Crippen molar-refractivity contribution in [3.8, 4) is 6.07 Å². The molecule has 1 aromatic carbocycles. The summed E-state index contributed by atoms with van der Waals surface area (Å²) in [5, 5.41) is 14.9. The number of carbonyl (C=O) groups is 1. The Balaban J connectivity index is 2.69. The average molecular weight is 285 g/mol. The van der Waals surface area contributed by atoms with Crippen molar-refractivity contribution in [3.05, 3.63) is 41.1 Å². The summed E-state index contributed by atoms with van der Waals surface area (Å²) in [7, 11) is 0. The first-order chi connectivity index (χ1) is 9.95. The molecule has 0 aliphatic carbocycles. The zero-order valence-electron chi connectivity index (χ0n) is 13.2. The Morgan fingerprint density at radius 3 is 2.71 bits per heavy atom. The number of nitriles is 1. The van der Waals surface area contributed by atoms with Gasteiger partial charge in [0, 0.05) is 18.4 Å². The maximum atomic E-state index is 12.1. The molecule has 4 heteroatoms. The maximum absolute atomic E-state index is 12.1. The van der Waals surface area contributed by atoms with Crippen molar-refractivity contribution >= 4 is 11.6 Å². The minimum atomic E-state index is -0.386. The van der Waals surface area contributed by atoms with Gasteiger partial charge in [-0.3, -0.25) is 4.79 Å². The molecule has 0 saturated heterocycles. The lowest BCUT2D eigenvalue weighted by Gasteiger charge is -2.10. The monoisotopic (exact) mass is 285 g/mol. The van der Waals surface area contributed by atoms with Gasteiger partial charge in [-0.05, 0) is 43.4 Å². The molecule has 1 rings (SSSR count). The zero-order chi connectivity index (χ0) is 15.8. The van der Waals surface area contributed by atoms with E-state index in [1.165, 1.54) is 6.20 Å². The Bertz CT molecular complexity index is 568. The van der Waals surface area contributed by atoms with E-state index in [9.17, 15) is 4.79 Å². The van der Waals surface area contributed by atoms with Crippen molar-refractivity contribution in [2.45, 2.75) is 34.1 Å². The van der Waals surface area contributed by atoms with Crippen LogP contribution in [0.5, 0.6) is 0 Å². The van der Waals surface area contributed by atoms with Crippen LogP contribution >= 0.6 is 0 Å². The summed E-state index contributed by atoms with van der Waals surface area (Å²) < 4.78 is 0. The van der Waals surface area contributed by atoms with Crippen molar-refractivity contribution in [1.29, 1.82) is 5.26 Å². The lowest BCUT2D eigenvalue weighted by molar-refractivity contribution is -0.112. The Morgan fingerprint density at radius 1 is 1.38 bits per heavy atom. The highest BCUT2D eigenvalue weighted by atomic mass is 16.1. The van der Waals surface area contributed by atoms with Gasteiger partial charge < -0.3 is 10.6 Å². The second kappa shape index (κ2) is 8.11. The van der Waals surface area contributed by atoms with Crippen LogP contribution in [0.4, 0.5) is 5.69 Å². The van der Waals surface area contributed by atoms with Gasteiger partial charge in [0.05, 0.1) is 0 Å². The topological polar surface area (TPSA) is 64.9 Å². The van der Waals surface area contributed by atoms with Crippen LogP contribution in [0, 0.1) is 31.1 Å². The van der Waals surface area contributed by atoms with E-state index >= 15 is 0 Å². The number of nitrogens with one attached hydrogen (secondary N) is 2. The van der Waals surface area contributed by atoms with E-state index < -0.39 is 0 Å². The molecule has 0 bridgehead atoms. The Morgan fingerprint density at radius 2 is 2.10 bits per heavy atom. The van der Waals surface area contributed by atoms with Gasteiger partial charge in [-0.15, -0.1) is 0 Å². The molecule has 0 spiro atoms. The van der Waals surface area contributed by atoms with E-state index in [-0.39, 0.29) is 11.5 Å². The van der Waals surface area contributed by atoms with Gasteiger partial charge in [-0.25, -0.2) is 0 Å². The number of nitrogens with zero attached hydrogens (tertiary/aromatic N) is 1. The Hall–Kier alpha value is -2.28. The average Bonchev–Trinajstić information content (AvgIpc) is 2.43. The summed E-state index contributed by atoms with van der Waals surface area (Å²) in [6, 6.07) is 7.63. The molecular formula is C17H23N3O. The van der Waals surface area contributed by atoms with Gasteiger partial charge in [-0.1, -0.05) is 26.0 Å². The van der Waals surface area contributed by atoms with Gasteiger partial charge in [0.25, 0.3) is 5.91 Å². The fraction of sp³-hybridized carbons (Fsp3) is 0.412. The molecule has 2 N–H and O–H groups in total.